The van der Waals surface area contributed by atoms with Gasteiger partial charge < -0.3 is 15.8 Å². The summed E-state index contributed by atoms with van der Waals surface area (Å²) in [6.07, 6.45) is 1.03. The minimum absolute atomic E-state index is 0.357. The molecule has 0 spiro atoms. The molecule has 0 amide bonds. The molecule has 20 heavy (non-hydrogen) atoms. The van der Waals surface area contributed by atoms with Gasteiger partial charge in [0.1, 0.15) is 0 Å². The molecule has 4 heteroatoms. The zero-order valence-corrected chi connectivity index (χ0v) is 12.8. The molecular weight excluding hydrogens is 250 g/mol. The van der Waals surface area contributed by atoms with Crippen molar-refractivity contribution in [1.29, 1.82) is 0 Å². The van der Waals surface area contributed by atoms with Crippen molar-refractivity contribution in [3.63, 3.8) is 0 Å². The average Bonchev–Trinajstić information content (AvgIpc) is 2.46. The summed E-state index contributed by atoms with van der Waals surface area (Å²) >= 11 is 0. The normalized spacial score (nSPS) is 14.8. The van der Waals surface area contributed by atoms with Gasteiger partial charge in [0.2, 0.25) is 0 Å². The van der Waals surface area contributed by atoms with E-state index in [1.54, 1.807) is 0 Å². The fraction of sp³-hybridized carbons (Fsp3) is 0.562. The predicted octanol–water partition coefficient (Wildman–Crippen LogP) is 2.54. The Hall–Kier alpha value is -1.55. The summed E-state index contributed by atoms with van der Waals surface area (Å²) in [6, 6.07) is 10.5. The molecule has 0 radical (unpaired) electrons. The Morgan fingerprint density at radius 3 is 2.65 bits per heavy atom. The molecule has 0 heterocycles. The third-order valence-electron chi connectivity index (χ3n) is 3.09. The van der Waals surface area contributed by atoms with E-state index < -0.39 is 0 Å². The number of aliphatic imine (C=N–C) groups is 1. The van der Waals surface area contributed by atoms with Gasteiger partial charge >= 0.3 is 0 Å². The van der Waals surface area contributed by atoms with Gasteiger partial charge in [-0.3, -0.25) is 4.99 Å². The fourth-order valence-electron chi connectivity index (χ4n) is 1.66. The third kappa shape index (κ3) is 7.14. The highest BCUT2D eigenvalue weighted by Crippen LogP contribution is 2.03. The largest absolute Gasteiger partial charge is 0.376 e. The van der Waals surface area contributed by atoms with E-state index in [4.69, 9.17) is 10.5 Å². The maximum Gasteiger partial charge on any atom is 0.188 e. The zero-order valence-electron chi connectivity index (χ0n) is 12.8. The summed E-state index contributed by atoms with van der Waals surface area (Å²) < 4.78 is 5.69. The van der Waals surface area contributed by atoms with E-state index in [0.717, 1.165) is 6.42 Å². The Kier molecular flexibility index (Phi) is 7.73. The van der Waals surface area contributed by atoms with Crippen LogP contribution in [0.2, 0.25) is 0 Å². The zero-order chi connectivity index (χ0) is 14.8. The van der Waals surface area contributed by atoms with Crippen molar-refractivity contribution in [2.75, 3.05) is 13.2 Å². The van der Waals surface area contributed by atoms with Gasteiger partial charge in [0.25, 0.3) is 0 Å². The van der Waals surface area contributed by atoms with E-state index in [2.05, 4.69) is 43.2 Å². The van der Waals surface area contributed by atoms with E-state index in [1.165, 1.54) is 5.56 Å². The molecule has 112 valence electrons. The second kappa shape index (κ2) is 9.37. The molecule has 0 saturated heterocycles. The lowest BCUT2D eigenvalue weighted by molar-refractivity contribution is 0.0945. The van der Waals surface area contributed by atoms with Crippen LogP contribution >= 0.6 is 0 Å². The molecule has 2 atom stereocenters. The molecule has 4 nitrogen and oxygen atoms in total. The first-order valence-corrected chi connectivity index (χ1v) is 7.30. The van der Waals surface area contributed by atoms with Gasteiger partial charge in [-0.25, -0.2) is 0 Å². The van der Waals surface area contributed by atoms with Crippen molar-refractivity contribution < 1.29 is 4.74 Å². The summed E-state index contributed by atoms with van der Waals surface area (Å²) in [5.74, 6) is 0.880. The van der Waals surface area contributed by atoms with Crippen LogP contribution in [-0.4, -0.2) is 25.2 Å². The van der Waals surface area contributed by atoms with E-state index in [9.17, 15) is 0 Å². The van der Waals surface area contributed by atoms with Crippen LogP contribution < -0.4 is 11.1 Å². The van der Waals surface area contributed by atoms with Crippen LogP contribution in [0.1, 0.15) is 32.8 Å². The van der Waals surface area contributed by atoms with Gasteiger partial charge in [-0.15, -0.1) is 0 Å². The van der Waals surface area contributed by atoms with Crippen LogP contribution in [0, 0.1) is 5.92 Å². The number of rotatable bonds is 8. The highest BCUT2D eigenvalue weighted by molar-refractivity contribution is 5.78. The maximum atomic E-state index is 5.82. The molecule has 0 aromatic heterocycles. The summed E-state index contributed by atoms with van der Waals surface area (Å²) in [4.78, 5) is 4.34. The van der Waals surface area contributed by atoms with Gasteiger partial charge in [-0.1, -0.05) is 44.2 Å². The lowest BCUT2D eigenvalue weighted by Gasteiger charge is -2.13. The number of nitrogens with zero attached hydrogens (tertiary/aromatic N) is 1. The fourth-order valence-corrected chi connectivity index (χ4v) is 1.66. The van der Waals surface area contributed by atoms with Gasteiger partial charge in [0.05, 0.1) is 13.2 Å². The van der Waals surface area contributed by atoms with E-state index in [1.807, 2.05) is 18.2 Å². The number of ether oxygens (including phenoxy) is 1. The van der Waals surface area contributed by atoms with Crippen LogP contribution in [0.25, 0.3) is 0 Å². The molecule has 1 rings (SSSR count). The van der Waals surface area contributed by atoms with Crippen LogP contribution in [0.3, 0.4) is 0 Å². The number of hydrogen-bond acceptors (Lipinski definition) is 2. The van der Waals surface area contributed by atoms with Gasteiger partial charge in [-0.05, 0) is 24.8 Å². The second-order valence-corrected chi connectivity index (χ2v) is 5.29. The summed E-state index contributed by atoms with van der Waals surface area (Å²) in [5.41, 5.74) is 7.01. The van der Waals surface area contributed by atoms with Crippen molar-refractivity contribution in [1.82, 2.24) is 5.32 Å². The van der Waals surface area contributed by atoms with Crippen molar-refractivity contribution in [3.8, 4) is 0 Å². The third-order valence-corrected chi connectivity index (χ3v) is 3.09. The molecule has 0 aliphatic heterocycles. The van der Waals surface area contributed by atoms with Crippen LogP contribution in [0.15, 0.2) is 35.3 Å². The summed E-state index contributed by atoms with van der Waals surface area (Å²) in [5, 5.41) is 3.15. The molecule has 2 unspecified atom stereocenters. The number of benzene rings is 1. The summed E-state index contributed by atoms with van der Waals surface area (Å²) in [6.45, 7) is 8.35. The molecule has 1 aromatic rings. The van der Waals surface area contributed by atoms with E-state index in [0.29, 0.717) is 37.7 Å². The predicted molar refractivity (Wildman–Crippen MR) is 84.6 cm³/mol. The average molecular weight is 277 g/mol. The van der Waals surface area contributed by atoms with Crippen LogP contribution in [0.4, 0.5) is 0 Å². The Balaban J connectivity index is 2.20. The monoisotopic (exact) mass is 277 g/mol. The molecule has 0 fully saturated rings. The highest BCUT2D eigenvalue weighted by atomic mass is 16.5. The van der Waals surface area contributed by atoms with E-state index >= 15 is 0 Å². The lowest BCUT2D eigenvalue weighted by Crippen LogP contribution is -2.38. The van der Waals surface area contributed by atoms with Crippen molar-refractivity contribution in [3.05, 3.63) is 35.9 Å². The first kappa shape index (κ1) is 16.5. The van der Waals surface area contributed by atoms with Gasteiger partial charge in [0.15, 0.2) is 5.96 Å². The SMILES string of the molecule is CCC(C)NC(N)=NCC(C)COCc1ccccc1. The standard InChI is InChI=1S/C16H27N3O/c1-4-14(3)19-16(17)18-10-13(2)11-20-12-15-8-6-5-7-9-15/h5-9,13-14H,4,10-12H2,1-3H3,(H3,17,18,19). The number of nitrogens with one attached hydrogen (secondary N) is 1. The Bertz CT molecular complexity index is 392. The maximum absolute atomic E-state index is 5.82. The Morgan fingerprint density at radius 2 is 2.00 bits per heavy atom. The van der Waals surface area contributed by atoms with E-state index in [-0.39, 0.29) is 0 Å². The van der Waals surface area contributed by atoms with Gasteiger partial charge in [-0.2, -0.15) is 0 Å². The quantitative estimate of drug-likeness (QED) is 0.567. The number of nitrogens with two attached hydrogens (primary N) is 1. The second-order valence-electron chi connectivity index (χ2n) is 5.29. The van der Waals surface area contributed by atoms with Crippen LogP contribution in [-0.2, 0) is 11.3 Å². The molecule has 0 saturated carbocycles. The molecule has 1 aromatic carbocycles. The Labute approximate surface area is 122 Å². The van der Waals surface area contributed by atoms with Crippen molar-refractivity contribution in [2.45, 2.75) is 39.8 Å². The first-order chi connectivity index (χ1) is 9.61. The van der Waals surface area contributed by atoms with Gasteiger partial charge in [0, 0.05) is 12.6 Å². The topological polar surface area (TPSA) is 59.6 Å². The first-order valence-electron chi connectivity index (χ1n) is 7.30. The lowest BCUT2D eigenvalue weighted by atomic mass is 10.2. The van der Waals surface area contributed by atoms with Crippen molar-refractivity contribution >= 4 is 5.96 Å². The molecule has 0 aliphatic rings. The minimum Gasteiger partial charge on any atom is -0.376 e. The molecular formula is C16H27N3O. The van der Waals surface area contributed by atoms with Crippen molar-refractivity contribution in [2.24, 2.45) is 16.6 Å². The highest BCUT2D eigenvalue weighted by Gasteiger charge is 2.03. The number of hydrogen-bond donors (Lipinski definition) is 2. The molecule has 0 bridgehead atoms. The minimum atomic E-state index is 0.357. The smallest absolute Gasteiger partial charge is 0.188 e. The molecule has 3 N–H and O–H groups in total. The number of guanidine groups is 1. The summed E-state index contributed by atoms with van der Waals surface area (Å²) in [7, 11) is 0. The molecule has 0 aliphatic carbocycles. The Morgan fingerprint density at radius 1 is 1.30 bits per heavy atom. The van der Waals surface area contributed by atoms with Crippen LogP contribution in [0.5, 0.6) is 0 Å².